The molecule has 0 heterocycles. The maximum Gasteiger partial charge on any atom is 0.573 e. The number of thiocarbonyl (C=S) groups is 1. The van der Waals surface area contributed by atoms with E-state index in [2.05, 4.69) is 10.1 Å². The van der Waals surface area contributed by atoms with Crippen LogP contribution in [0.5, 0.6) is 5.75 Å². The molecule has 0 aromatic heterocycles. The summed E-state index contributed by atoms with van der Waals surface area (Å²) in [5, 5.41) is 2.55. The lowest BCUT2D eigenvalue weighted by Gasteiger charge is -2.35. The van der Waals surface area contributed by atoms with Crippen molar-refractivity contribution in [2.24, 2.45) is 11.1 Å². The zero-order valence-electron chi connectivity index (χ0n) is 17.9. The lowest BCUT2D eigenvalue weighted by molar-refractivity contribution is -0.303. The first-order valence-corrected chi connectivity index (χ1v) is 9.94. The summed E-state index contributed by atoms with van der Waals surface area (Å²) in [6.07, 6.45) is -6.35. The van der Waals surface area contributed by atoms with E-state index < -0.39 is 53.1 Å². The Morgan fingerprint density at radius 1 is 1.24 bits per heavy atom. The number of hydrogen-bond acceptors (Lipinski definition) is 4. The minimum Gasteiger partial charge on any atom is -0.490 e. The van der Waals surface area contributed by atoms with Crippen molar-refractivity contribution in [2.45, 2.75) is 45.3 Å². The maximum absolute atomic E-state index is 13.4. The third-order valence-electron chi connectivity index (χ3n) is 4.99. The number of nitrogens with two attached hydrogens (primary N) is 1. The lowest BCUT2D eigenvalue weighted by Crippen LogP contribution is -2.60. The number of rotatable bonds is 7. The van der Waals surface area contributed by atoms with E-state index in [1.54, 1.807) is 0 Å². The van der Waals surface area contributed by atoms with Gasteiger partial charge in [-0.3, -0.25) is 4.79 Å². The monoisotopic (exact) mass is 496 g/mol. The largest absolute Gasteiger partial charge is 0.573 e. The molecule has 2 unspecified atom stereocenters. The SMILES string of the molecule is Cc1ccc(OCC(C)(NC(=O)C2(C)C=CC(OC(F)(F)F)=CC2)C(N)=S)c(C(F)(F)F)c1. The van der Waals surface area contributed by atoms with E-state index in [-0.39, 0.29) is 11.4 Å². The fourth-order valence-corrected chi connectivity index (χ4v) is 2.98. The Morgan fingerprint density at radius 2 is 1.88 bits per heavy atom. The second-order valence-corrected chi connectivity index (χ2v) is 8.49. The third kappa shape index (κ3) is 6.86. The third-order valence-corrected chi connectivity index (χ3v) is 5.44. The number of alkyl halides is 6. The Kier molecular flexibility index (Phi) is 7.42. The van der Waals surface area contributed by atoms with Gasteiger partial charge in [-0.25, -0.2) is 0 Å². The van der Waals surface area contributed by atoms with Gasteiger partial charge in [-0.2, -0.15) is 13.2 Å². The molecule has 1 aliphatic rings. The van der Waals surface area contributed by atoms with Crippen LogP contribution in [-0.2, 0) is 15.7 Å². The van der Waals surface area contributed by atoms with E-state index in [1.807, 2.05) is 0 Å². The molecule has 5 nitrogen and oxygen atoms in total. The minimum absolute atomic E-state index is 0.134. The molecule has 0 radical (unpaired) electrons. The highest BCUT2D eigenvalue weighted by Crippen LogP contribution is 2.37. The molecular weight excluding hydrogens is 474 g/mol. The number of amides is 1. The molecule has 12 heteroatoms. The van der Waals surface area contributed by atoms with Crippen molar-refractivity contribution in [3.05, 3.63) is 53.3 Å². The van der Waals surface area contributed by atoms with Crippen molar-refractivity contribution >= 4 is 23.1 Å². The predicted molar refractivity (Wildman–Crippen MR) is 112 cm³/mol. The smallest absolute Gasteiger partial charge is 0.490 e. The number of carbonyl (C=O) groups is 1. The molecule has 182 valence electrons. The molecular formula is C21H22F6N2O3S. The number of ether oxygens (including phenoxy) is 2. The lowest BCUT2D eigenvalue weighted by atomic mass is 9.81. The summed E-state index contributed by atoms with van der Waals surface area (Å²) in [7, 11) is 0. The Morgan fingerprint density at radius 3 is 2.36 bits per heavy atom. The highest BCUT2D eigenvalue weighted by atomic mass is 32.1. The molecule has 3 N–H and O–H groups in total. The summed E-state index contributed by atoms with van der Waals surface area (Å²) in [5.74, 6) is -1.60. The summed E-state index contributed by atoms with van der Waals surface area (Å²) in [5.41, 5.74) is 2.27. The summed E-state index contributed by atoms with van der Waals surface area (Å²) >= 11 is 4.99. The maximum atomic E-state index is 13.4. The van der Waals surface area contributed by atoms with Crippen molar-refractivity contribution in [3.8, 4) is 5.75 Å². The van der Waals surface area contributed by atoms with Gasteiger partial charge in [-0.15, -0.1) is 13.2 Å². The van der Waals surface area contributed by atoms with Crippen LogP contribution in [0, 0.1) is 12.3 Å². The molecule has 0 saturated heterocycles. The fraction of sp³-hybridized carbons (Fsp3) is 0.429. The highest BCUT2D eigenvalue weighted by molar-refractivity contribution is 7.80. The Bertz CT molecular complexity index is 989. The van der Waals surface area contributed by atoms with E-state index in [0.717, 1.165) is 24.3 Å². The Hall–Kier alpha value is -2.76. The van der Waals surface area contributed by atoms with Crippen LogP contribution in [0.4, 0.5) is 26.3 Å². The van der Waals surface area contributed by atoms with E-state index >= 15 is 0 Å². The molecule has 1 amide bonds. The van der Waals surface area contributed by atoms with Crippen molar-refractivity contribution < 1.29 is 40.6 Å². The van der Waals surface area contributed by atoms with Crippen LogP contribution >= 0.6 is 12.2 Å². The first-order chi connectivity index (χ1) is 15.0. The van der Waals surface area contributed by atoms with Crippen LogP contribution in [0.15, 0.2) is 42.2 Å². The van der Waals surface area contributed by atoms with E-state index in [1.165, 1.54) is 32.9 Å². The summed E-state index contributed by atoms with van der Waals surface area (Å²) < 4.78 is 86.3. The van der Waals surface area contributed by atoms with Gasteiger partial charge >= 0.3 is 12.5 Å². The number of hydrogen-bond donors (Lipinski definition) is 2. The molecule has 1 aliphatic carbocycles. The van der Waals surface area contributed by atoms with E-state index in [4.69, 9.17) is 22.7 Å². The van der Waals surface area contributed by atoms with Crippen molar-refractivity contribution in [1.82, 2.24) is 5.32 Å². The van der Waals surface area contributed by atoms with Gasteiger partial charge in [0.2, 0.25) is 5.91 Å². The number of aryl methyl sites for hydroxylation is 1. The van der Waals surface area contributed by atoms with Gasteiger partial charge in [-0.1, -0.05) is 29.9 Å². The van der Waals surface area contributed by atoms with Crippen molar-refractivity contribution in [3.63, 3.8) is 0 Å². The minimum atomic E-state index is -4.88. The van der Waals surface area contributed by atoms with Crippen LogP contribution in [0.25, 0.3) is 0 Å². The van der Waals surface area contributed by atoms with Gasteiger partial charge in [0.05, 0.1) is 11.0 Å². The van der Waals surface area contributed by atoms with Gasteiger partial charge in [0.25, 0.3) is 0 Å². The van der Waals surface area contributed by atoms with Crippen LogP contribution in [-0.4, -0.2) is 29.4 Å². The van der Waals surface area contributed by atoms with Crippen LogP contribution in [0.2, 0.25) is 0 Å². The van der Waals surface area contributed by atoms with Gasteiger partial charge in [-0.05, 0) is 51.5 Å². The molecule has 0 saturated carbocycles. The van der Waals surface area contributed by atoms with Crippen LogP contribution in [0.3, 0.4) is 0 Å². The molecule has 2 atom stereocenters. The molecule has 2 rings (SSSR count). The van der Waals surface area contributed by atoms with Crippen molar-refractivity contribution in [2.75, 3.05) is 6.61 Å². The van der Waals surface area contributed by atoms with Crippen molar-refractivity contribution in [1.29, 1.82) is 0 Å². The second-order valence-electron chi connectivity index (χ2n) is 8.05. The molecule has 0 bridgehead atoms. The molecule has 1 aromatic rings. The molecule has 0 fully saturated rings. The summed E-state index contributed by atoms with van der Waals surface area (Å²) in [6.45, 7) is 3.82. The van der Waals surface area contributed by atoms with Crippen LogP contribution < -0.4 is 15.8 Å². The highest BCUT2D eigenvalue weighted by Gasteiger charge is 2.41. The average molecular weight is 496 g/mol. The first kappa shape index (κ1) is 26.5. The Labute approximate surface area is 191 Å². The summed E-state index contributed by atoms with van der Waals surface area (Å²) in [4.78, 5) is 12.7. The predicted octanol–water partition coefficient (Wildman–Crippen LogP) is 4.94. The number of halogens is 6. The van der Waals surface area contributed by atoms with Crippen LogP contribution in [0.1, 0.15) is 31.4 Å². The topological polar surface area (TPSA) is 73.6 Å². The number of carbonyl (C=O) groups excluding carboxylic acids is 1. The standard InChI is InChI=1S/C21H22F6N2O3S/c1-12-4-5-15(14(10-12)20(22,23)24)31-11-19(3,16(28)33)29-17(30)18(2)8-6-13(7-9-18)32-21(25,26)27/h4-8,10H,9,11H2,1-3H3,(H2,28,33)(H,29,30). The van der Waals surface area contributed by atoms with E-state index in [0.29, 0.717) is 5.56 Å². The van der Waals surface area contributed by atoms with Gasteiger partial charge in [0.1, 0.15) is 28.6 Å². The zero-order valence-corrected chi connectivity index (χ0v) is 18.7. The number of allylic oxidation sites excluding steroid dienone is 2. The summed E-state index contributed by atoms with van der Waals surface area (Å²) in [6, 6.07) is 3.51. The zero-order chi connectivity index (χ0) is 25.2. The van der Waals surface area contributed by atoms with Gasteiger partial charge < -0.3 is 20.5 Å². The van der Waals surface area contributed by atoms with Gasteiger partial charge in [0, 0.05) is 0 Å². The average Bonchev–Trinajstić information content (AvgIpc) is 2.67. The van der Waals surface area contributed by atoms with Gasteiger partial charge in [0.15, 0.2) is 0 Å². The number of benzene rings is 1. The molecule has 1 aromatic carbocycles. The first-order valence-electron chi connectivity index (χ1n) is 9.53. The molecule has 0 spiro atoms. The Balaban J connectivity index is 2.17. The van der Waals surface area contributed by atoms with E-state index in [9.17, 15) is 31.1 Å². The molecule has 0 aliphatic heterocycles. The second kappa shape index (κ2) is 9.24. The normalized spacial score (nSPS) is 20.5. The number of nitrogens with one attached hydrogen (secondary N) is 1. The fourth-order valence-electron chi connectivity index (χ4n) is 2.87. The molecule has 33 heavy (non-hydrogen) atoms. The quantitative estimate of drug-likeness (QED) is 0.413.